The lowest BCUT2D eigenvalue weighted by Gasteiger charge is -2.13. The van der Waals surface area contributed by atoms with Crippen molar-refractivity contribution < 1.29 is 4.74 Å². The summed E-state index contributed by atoms with van der Waals surface area (Å²) in [5.41, 5.74) is 4.00. The standard InChI is InChI=1S/C18H18N2O/c1-12(2)15-9-8-14(11-18(15)21-3)17-10-13-6-4-5-7-16(13)19-20-17/h4-12H,1-3H3. The number of methoxy groups -OCH3 is 1. The maximum absolute atomic E-state index is 5.51. The Kier molecular flexibility index (Phi) is 3.57. The summed E-state index contributed by atoms with van der Waals surface area (Å²) >= 11 is 0. The van der Waals surface area contributed by atoms with Gasteiger partial charge in [0.15, 0.2) is 0 Å². The quantitative estimate of drug-likeness (QED) is 0.711. The first-order chi connectivity index (χ1) is 10.2. The van der Waals surface area contributed by atoms with Crippen LogP contribution in [-0.4, -0.2) is 17.3 Å². The summed E-state index contributed by atoms with van der Waals surface area (Å²) in [4.78, 5) is 0. The van der Waals surface area contributed by atoms with Gasteiger partial charge in [-0.3, -0.25) is 0 Å². The zero-order valence-electron chi connectivity index (χ0n) is 12.5. The zero-order chi connectivity index (χ0) is 14.8. The van der Waals surface area contributed by atoms with Crippen LogP contribution in [0.2, 0.25) is 0 Å². The molecule has 3 heteroatoms. The number of benzene rings is 2. The third-order valence-corrected chi connectivity index (χ3v) is 3.65. The molecule has 3 aromatic rings. The number of hydrogen-bond donors (Lipinski definition) is 0. The molecule has 0 amide bonds. The van der Waals surface area contributed by atoms with Crippen LogP contribution in [0.25, 0.3) is 22.2 Å². The van der Waals surface area contributed by atoms with E-state index in [1.54, 1.807) is 7.11 Å². The van der Waals surface area contributed by atoms with Gasteiger partial charge >= 0.3 is 0 Å². The minimum absolute atomic E-state index is 0.427. The van der Waals surface area contributed by atoms with Gasteiger partial charge in [0.2, 0.25) is 0 Å². The van der Waals surface area contributed by atoms with Gasteiger partial charge in [0, 0.05) is 10.9 Å². The molecule has 1 aromatic heterocycles. The van der Waals surface area contributed by atoms with E-state index in [0.717, 1.165) is 27.9 Å². The summed E-state index contributed by atoms with van der Waals surface area (Å²) < 4.78 is 5.51. The third kappa shape index (κ3) is 2.59. The first kappa shape index (κ1) is 13.6. The molecule has 0 aliphatic carbocycles. The SMILES string of the molecule is COc1cc(-c2cc3ccccc3nn2)ccc1C(C)C. The second-order valence-electron chi connectivity index (χ2n) is 5.40. The molecule has 0 fully saturated rings. The molecule has 0 atom stereocenters. The topological polar surface area (TPSA) is 35.0 Å². The van der Waals surface area contributed by atoms with E-state index in [2.05, 4.69) is 42.2 Å². The minimum Gasteiger partial charge on any atom is -0.496 e. The summed E-state index contributed by atoms with van der Waals surface area (Å²) in [5.74, 6) is 1.33. The second kappa shape index (κ2) is 5.52. The minimum atomic E-state index is 0.427. The Morgan fingerprint density at radius 3 is 2.52 bits per heavy atom. The van der Waals surface area contributed by atoms with Crippen LogP contribution in [0.1, 0.15) is 25.3 Å². The molecule has 3 nitrogen and oxygen atoms in total. The van der Waals surface area contributed by atoms with E-state index in [1.807, 2.05) is 30.3 Å². The van der Waals surface area contributed by atoms with Crippen LogP contribution in [0.3, 0.4) is 0 Å². The monoisotopic (exact) mass is 278 g/mol. The normalized spacial score (nSPS) is 11.0. The Balaban J connectivity index is 2.09. The third-order valence-electron chi connectivity index (χ3n) is 3.65. The fourth-order valence-corrected chi connectivity index (χ4v) is 2.47. The van der Waals surface area contributed by atoms with Gasteiger partial charge in [-0.05, 0) is 29.7 Å². The van der Waals surface area contributed by atoms with E-state index in [4.69, 9.17) is 4.74 Å². The number of nitrogens with zero attached hydrogens (tertiary/aromatic N) is 2. The lowest BCUT2D eigenvalue weighted by atomic mass is 9.99. The Hall–Kier alpha value is -2.42. The Labute approximate surface area is 124 Å². The van der Waals surface area contributed by atoms with Crippen molar-refractivity contribution in [2.24, 2.45) is 0 Å². The van der Waals surface area contributed by atoms with Crippen molar-refractivity contribution in [3.63, 3.8) is 0 Å². The summed E-state index contributed by atoms with van der Waals surface area (Å²) in [5, 5.41) is 9.69. The van der Waals surface area contributed by atoms with Crippen LogP contribution in [0.5, 0.6) is 5.75 Å². The van der Waals surface area contributed by atoms with E-state index in [9.17, 15) is 0 Å². The summed E-state index contributed by atoms with van der Waals surface area (Å²) in [6.45, 7) is 4.32. The van der Waals surface area contributed by atoms with Gasteiger partial charge in [-0.15, -0.1) is 10.2 Å². The summed E-state index contributed by atoms with van der Waals surface area (Å²) in [6, 6.07) is 16.3. The highest BCUT2D eigenvalue weighted by Gasteiger charge is 2.10. The maximum atomic E-state index is 5.51. The second-order valence-corrected chi connectivity index (χ2v) is 5.40. The van der Waals surface area contributed by atoms with Crippen molar-refractivity contribution in [1.82, 2.24) is 10.2 Å². The molecule has 0 aliphatic heterocycles. The molecule has 0 saturated carbocycles. The van der Waals surface area contributed by atoms with Crippen LogP contribution in [-0.2, 0) is 0 Å². The molecule has 0 spiro atoms. The molecule has 0 unspecified atom stereocenters. The van der Waals surface area contributed by atoms with Crippen molar-refractivity contribution in [2.45, 2.75) is 19.8 Å². The van der Waals surface area contributed by atoms with E-state index >= 15 is 0 Å². The Bertz CT molecular complexity index is 781. The molecule has 21 heavy (non-hydrogen) atoms. The first-order valence-corrected chi connectivity index (χ1v) is 7.10. The van der Waals surface area contributed by atoms with Crippen LogP contribution in [0.15, 0.2) is 48.5 Å². The van der Waals surface area contributed by atoms with Crippen molar-refractivity contribution in [3.05, 3.63) is 54.1 Å². The van der Waals surface area contributed by atoms with E-state index in [-0.39, 0.29) is 0 Å². The molecule has 0 N–H and O–H groups in total. The highest BCUT2D eigenvalue weighted by molar-refractivity contribution is 5.81. The van der Waals surface area contributed by atoms with Crippen molar-refractivity contribution in [2.75, 3.05) is 7.11 Å². The average molecular weight is 278 g/mol. The van der Waals surface area contributed by atoms with Gasteiger partial charge in [0.25, 0.3) is 0 Å². The van der Waals surface area contributed by atoms with Gasteiger partial charge in [0.05, 0.1) is 18.3 Å². The summed E-state index contributed by atoms with van der Waals surface area (Å²) in [7, 11) is 1.71. The number of hydrogen-bond acceptors (Lipinski definition) is 3. The van der Waals surface area contributed by atoms with Crippen LogP contribution >= 0.6 is 0 Å². The molecular weight excluding hydrogens is 260 g/mol. The smallest absolute Gasteiger partial charge is 0.122 e. The molecule has 0 bridgehead atoms. The molecule has 1 heterocycles. The van der Waals surface area contributed by atoms with E-state index in [1.165, 1.54) is 5.56 Å². The molecule has 0 aliphatic rings. The largest absolute Gasteiger partial charge is 0.496 e. The lowest BCUT2D eigenvalue weighted by Crippen LogP contribution is -1.96. The lowest BCUT2D eigenvalue weighted by molar-refractivity contribution is 0.408. The van der Waals surface area contributed by atoms with Gasteiger partial charge in [-0.1, -0.05) is 44.2 Å². The summed E-state index contributed by atoms with van der Waals surface area (Å²) in [6.07, 6.45) is 0. The molecule has 106 valence electrons. The van der Waals surface area contributed by atoms with Crippen molar-refractivity contribution >= 4 is 10.9 Å². The molecule has 3 rings (SSSR count). The highest BCUT2D eigenvalue weighted by atomic mass is 16.5. The predicted octanol–water partition coefficient (Wildman–Crippen LogP) is 4.43. The van der Waals surface area contributed by atoms with Gasteiger partial charge < -0.3 is 4.74 Å². The fourth-order valence-electron chi connectivity index (χ4n) is 2.47. The number of aromatic nitrogens is 2. The predicted molar refractivity (Wildman–Crippen MR) is 85.6 cm³/mol. The fraction of sp³-hybridized carbons (Fsp3) is 0.222. The van der Waals surface area contributed by atoms with Gasteiger partial charge in [-0.2, -0.15) is 0 Å². The van der Waals surface area contributed by atoms with Crippen molar-refractivity contribution in [3.8, 4) is 17.0 Å². The van der Waals surface area contributed by atoms with Crippen LogP contribution < -0.4 is 4.74 Å². The molecule has 2 aromatic carbocycles. The number of ether oxygens (including phenoxy) is 1. The molecular formula is C18H18N2O. The number of rotatable bonds is 3. The zero-order valence-corrected chi connectivity index (χ0v) is 12.5. The van der Waals surface area contributed by atoms with Crippen LogP contribution in [0, 0.1) is 0 Å². The molecule has 0 radical (unpaired) electrons. The van der Waals surface area contributed by atoms with Gasteiger partial charge in [-0.25, -0.2) is 0 Å². The first-order valence-electron chi connectivity index (χ1n) is 7.10. The van der Waals surface area contributed by atoms with E-state index < -0.39 is 0 Å². The Morgan fingerprint density at radius 1 is 0.952 bits per heavy atom. The van der Waals surface area contributed by atoms with Gasteiger partial charge in [0.1, 0.15) is 5.75 Å². The highest BCUT2D eigenvalue weighted by Crippen LogP contribution is 2.31. The van der Waals surface area contributed by atoms with Crippen molar-refractivity contribution in [1.29, 1.82) is 0 Å². The maximum Gasteiger partial charge on any atom is 0.122 e. The average Bonchev–Trinajstić information content (AvgIpc) is 2.53. The Morgan fingerprint density at radius 2 is 1.76 bits per heavy atom. The van der Waals surface area contributed by atoms with E-state index in [0.29, 0.717) is 5.92 Å². The molecule has 0 saturated heterocycles. The van der Waals surface area contributed by atoms with Crippen LogP contribution in [0.4, 0.5) is 0 Å². The number of fused-ring (bicyclic) bond motifs is 1.